The fraction of sp³-hybridized carbons (Fsp3) is 0.500. The first-order chi connectivity index (χ1) is 8.11. The van der Waals surface area contributed by atoms with Crippen LogP contribution in [0.25, 0.3) is 0 Å². The molecule has 2 N–H and O–H groups in total. The Morgan fingerprint density at radius 3 is 2.71 bits per heavy atom. The number of aryl methyl sites for hydroxylation is 1. The summed E-state index contributed by atoms with van der Waals surface area (Å²) < 4.78 is 0. The smallest absolute Gasteiger partial charge is 0.303 e. The van der Waals surface area contributed by atoms with Crippen molar-refractivity contribution in [3.8, 4) is 0 Å². The second kappa shape index (κ2) is 7.07. The van der Waals surface area contributed by atoms with Crippen LogP contribution in [0.1, 0.15) is 43.4 Å². The van der Waals surface area contributed by atoms with Gasteiger partial charge in [-0.15, -0.1) is 0 Å². The van der Waals surface area contributed by atoms with E-state index < -0.39 is 5.97 Å². The molecule has 0 aliphatic rings. The summed E-state index contributed by atoms with van der Waals surface area (Å²) in [6, 6.07) is 8.65. The maximum Gasteiger partial charge on any atom is 0.303 e. The molecule has 1 rings (SSSR count). The predicted molar refractivity (Wildman–Crippen MR) is 69.1 cm³/mol. The van der Waals surface area contributed by atoms with Crippen LogP contribution in [0.15, 0.2) is 24.3 Å². The summed E-state index contributed by atoms with van der Waals surface area (Å²) >= 11 is 0. The first-order valence-electron chi connectivity index (χ1n) is 6.12. The van der Waals surface area contributed by atoms with Crippen LogP contribution >= 0.6 is 0 Å². The lowest BCUT2D eigenvalue weighted by Crippen LogP contribution is -2.20. The van der Waals surface area contributed by atoms with Gasteiger partial charge >= 0.3 is 5.97 Å². The van der Waals surface area contributed by atoms with Crippen molar-refractivity contribution in [3.05, 3.63) is 35.4 Å². The van der Waals surface area contributed by atoms with Crippen LogP contribution in [0, 0.1) is 6.92 Å². The van der Waals surface area contributed by atoms with Gasteiger partial charge in [-0.1, -0.05) is 24.3 Å². The Balaban J connectivity index is 2.28. The minimum absolute atomic E-state index is 0.264. The third-order valence-corrected chi connectivity index (χ3v) is 2.92. The van der Waals surface area contributed by atoms with Crippen LogP contribution in [0.3, 0.4) is 0 Å². The molecule has 0 fully saturated rings. The molecule has 3 heteroatoms. The Morgan fingerprint density at radius 2 is 2.06 bits per heavy atom. The molecular formula is C14H21NO2. The summed E-state index contributed by atoms with van der Waals surface area (Å²) in [7, 11) is 0. The largest absolute Gasteiger partial charge is 0.481 e. The van der Waals surface area contributed by atoms with Gasteiger partial charge in [-0.05, 0) is 44.4 Å². The second-order valence-corrected chi connectivity index (χ2v) is 4.38. The molecular weight excluding hydrogens is 214 g/mol. The molecule has 0 spiro atoms. The number of carboxylic acids is 1. The highest BCUT2D eigenvalue weighted by Gasteiger charge is 2.06. The van der Waals surface area contributed by atoms with Crippen molar-refractivity contribution >= 4 is 5.97 Å². The van der Waals surface area contributed by atoms with Crippen LogP contribution in [0.5, 0.6) is 0 Å². The van der Waals surface area contributed by atoms with Crippen LogP contribution in [0.2, 0.25) is 0 Å². The fourth-order valence-electron chi connectivity index (χ4n) is 1.90. The Kier molecular flexibility index (Phi) is 5.70. The topological polar surface area (TPSA) is 49.3 Å². The van der Waals surface area contributed by atoms with Gasteiger partial charge in [0.15, 0.2) is 0 Å². The molecule has 0 aliphatic carbocycles. The van der Waals surface area contributed by atoms with Gasteiger partial charge in [0.1, 0.15) is 0 Å². The van der Waals surface area contributed by atoms with Gasteiger partial charge < -0.3 is 10.4 Å². The molecule has 94 valence electrons. The average Bonchev–Trinajstić information content (AvgIpc) is 2.28. The lowest BCUT2D eigenvalue weighted by molar-refractivity contribution is -0.137. The molecule has 0 bridgehead atoms. The number of benzene rings is 1. The molecule has 0 saturated carbocycles. The van der Waals surface area contributed by atoms with E-state index in [1.165, 1.54) is 11.1 Å². The third-order valence-electron chi connectivity index (χ3n) is 2.92. The van der Waals surface area contributed by atoms with Crippen molar-refractivity contribution in [1.29, 1.82) is 0 Å². The van der Waals surface area contributed by atoms with E-state index in [1.54, 1.807) is 0 Å². The van der Waals surface area contributed by atoms with Crippen LogP contribution < -0.4 is 5.32 Å². The molecule has 1 aromatic carbocycles. The van der Waals surface area contributed by atoms with Crippen molar-refractivity contribution in [2.24, 2.45) is 0 Å². The number of carbonyl (C=O) groups is 1. The Bertz CT molecular complexity index is 363. The van der Waals surface area contributed by atoms with Gasteiger partial charge in [0.25, 0.3) is 0 Å². The van der Waals surface area contributed by atoms with E-state index in [9.17, 15) is 4.79 Å². The maximum absolute atomic E-state index is 10.3. The monoisotopic (exact) mass is 235 g/mol. The highest BCUT2D eigenvalue weighted by atomic mass is 16.4. The van der Waals surface area contributed by atoms with Crippen molar-refractivity contribution in [2.75, 3.05) is 6.54 Å². The van der Waals surface area contributed by atoms with Crippen molar-refractivity contribution in [3.63, 3.8) is 0 Å². The quantitative estimate of drug-likeness (QED) is 0.714. The summed E-state index contributed by atoms with van der Waals surface area (Å²) in [6.07, 6.45) is 1.91. The zero-order valence-electron chi connectivity index (χ0n) is 10.6. The molecule has 0 amide bonds. The van der Waals surface area contributed by atoms with E-state index in [0.29, 0.717) is 6.04 Å². The Labute approximate surface area is 103 Å². The van der Waals surface area contributed by atoms with Crippen molar-refractivity contribution in [1.82, 2.24) is 5.32 Å². The van der Waals surface area contributed by atoms with Gasteiger partial charge in [0.2, 0.25) is 0 Å². The zero-order chi connectivity index (χ0) is 12.7. The van der Waals surface area contributed by atoms with Crippen molar-refractivity contribution in [2.45, 2.75) is 39.2 Å². The number of hydrogen-bond donors (Lipinski definition) is 2. The van der Waals surface area contributed by atoms with Crippen LogP contribution in [-0.2, 0) is 4.79 Å². The summed E-state index contributed by atoms with van der Waals surface area (Å²) in [5.41, 5.74) is 2.60. The highest BCUT2D eigenvalue weighted by molar-refractivity contribution is 5.66. The molecule has 0 radical (unpaired) electrons. The molecule has 0 unspecified atom stereocenters. The van der Waals surface area contributed by atoms with E-state index in [2.05, 4.69) is 31.3 Å². The molecule has 0 aliphatic heterocycles. The summed E-state index contributed by atoms with van der Waals surface area (Å²) in [5.74, 6) is -0.711. The second-order valence-electron chi connectivity index (χ2n) is 4.38. The molecule has 17 heavy (non-hydrogen) atoms. The van der Waals surface area contributed by atoms with Gasteiger partial charge in [0.05, 0.1) is 0 Å². The minimum Gasteiger partial charge on any atom is -0.481 e. The summed E-state index contributed by atoms with van der Waals surface area (Å²) in [5, 5.41) is 11.9. The highest BCUT2D eigenvalue weighted by Crippen LogP contribution is 2.16. The lowest BCUT2D eigenvalue weighted by Gasteiger charge is -2.16. The number of unbranched alkanes of at least 4 members (excludes halogenated alkanes) is 1. The fourth-order valence-corrected chi connectivity index (χ4v) is 1.90. The first-order valence-corrected chi connectivity index (χ1v) is 6.12. The standard InChI is InChI=1S/C14H21NO2/c1-11-7-3-4-8-13(11)12(2)15-10-6-5-9-14(16)17/h3-4,7-8,12,15H,5-6,9-10H2,1-2H3,(H,16,17)/t12-/m0/s1. The molecule has 1 aromatic rings. The SMILES string of the molecule is Cc1ccccc1[C@H](C)NCCCCC(=O)O. The number of nitrogens with one attached hydrogen (secondary N) is 1. The molecule has 0 aromatic heterocycles. The van der Waals surface area contributed by atoms with E-state index in [4.69, 9.17) is 5.11 Å². The molecule has 0 heterocycles. The predicted octanol–water partition coefficient (Wildman–Crippen LogP) is 2.90. The average molecular weight is 235 g/mol. The lowest BCUT2D eigenvalue weighted by atomic mass is 10.0. The zero-order valence-corrected chi connectivity index (χ0v) is 10.6. The van der Waals surface area contributed by atoms with E-state index in [-0.39, 0.29) is 6.42 Å². The van der Waals surface area contributed by atoms with Gasteiger partial charge in [-0.2, -0.15) is 0 Å². The normalized spacial score (nSPS) is 12.4. The van der Waals surface area contributed by atoms with Crippen LogP contribution in [0.4, 0.5) is 0 Å². The molecule has 3 nitrogen and oxygen atoms in total. The minimum atomic E-state index is -0.711. The van der Waals surface area contributed by atoms with E-state index >= 15 is 0 Å². The maximum atomic E-state index is 10.3. The van der Waals surface area contributed by atoms with Gasteiger partial charge in [-0.25, -0.2) is 0 Å². The Morgan fingerprint density at radius 1 is 1.35 bits per heavy atom. The van der Waals surface area contributed by atoms with Gasteiger partial charge in [-0.3, -0.25) is 4.79 Å². The van der Waals surface area contributed by atoms with E-state index in [0.717, 1.165) is 19.4 Å². The third kappa shape index (κ3) is 5.00. The first kappa shape index (κ1) is 13.7. The number of rotatable bonds is 7. The molecule has 1 atom stereocenters. The molecule has 0 saturated heterocycles. The van der Waals surface area contributed by atoms with Crippen LogP contribution in [-0.4, -0.2) is 17.6 Å². The Hall–Kier alpha value is -1.35. The number of carboxylic acid groups (broad SMARTS) is 1. The number of aliphatic carboxylic acids is 1. The summed E-state index contributed by atoms with van der Waals surface area (Å²) in [4.78, 5) is 10.3. The van der Waals surface area contributed by atoms with Crippen molar-refractivity contribution < 1.29 is 9.90 Å². The summed E-state index contributed by atoms with van der Waals surface area (Å²) in [6.45, 7) is 5.11. The van der Waals surface area contributed by atoms with E-state index in [1.807, 2.05) is 12.1 Å². The number of hydrogen-bond acceptors (Lipinski definition) is 2. The van der Waals surface area contributed by atoms with Gasteiger partial charge in [0, 0.05) is 12.5 Å².